The fourth-order valence-electron chi connectivity index (χ4n) is 1.26. The summed E-state index contributed by atoms with van der Waals surface area (Å²) in [6.07, 6.45) is 0. The molecule has 0 atom stereocenters. The second-order valence-electron chi connectivity index (χ2n) is 4.44. The minimum atomic E-state index is 0.434. The Labute approximate surface area is 120 Å². The van der Waals surface area contributed by atoms with Crippen LogP contribution < -0.4 is 10.5 Å². The molecule has 2 N–H and O–H groups in total. The summed E-state index contributed by atoms with van der Waals surface area (Å²) in [5.74, 6) is 0.920. The van der Waals surface area contributed by atoms with E-state index in [1.165, 1.54) is 23.1 Å². The van der Waals surface area contributed by atoms with Crippen molar-refractivity contribution in [2.45, 2.75) is 30.1 Å². The average Bonchev–Trinajstić information content (AvgIpc) is 2.75. The lowest BCUT2D eigenvalue weighted by Crippen LogP contribution is -2.07. The summed E-state index contributed by atoms with van der Waals surface area (Å²) >= 11 is 3.00. The second-order valence-corrected chi connectivity index (χ2v) is 6.89. The molecule has 0 unspecified atom stereocenters. The SMILES string of the molecule is Cc1nnc(Sc2ccc(N)c(OCC(C)C)n2)s1. The van der Waals surface area contributed by atoms with Gasteiger partial charge in [0.05, 0.1) is 12.3 Å². The van der Waals surface area contributed by atoms with Gasteiger partial charge in [0.1, 0.15) is 10.0 Å². The highest BCUT2D eigenvalue weighted by Crippen LogP contribution is 2.31. The largest absolute Gasteiger partial charge is 0.476 e. The molecule has 5 nitrogen and oxygen atoms in total. The number of ether oxygens (including phenoxy) is 1. The molecule has 0 amide bonds. The predicted octanol–water partition coefficient (Wildman–Crippen LogP) is 3.01. The number of hydrogen-bond acceptors (Lipinski definition) is 7. The van der Waals surface area contributed by atoms with Crippen LogP contribution in [0.2, 0.25) is 0 Å². The molecule has 0 aliphatic carbocycles. The van der Waals surface area contributed by atoms with Crippen molar-refractivity contribution in [2.75, 3.05) is 12.3 Å². The van der Waals surface area contributed by atoms with E-state index in [-0.39, 0.29) is 0 Å². The van der Waals surface area contributed by atoms with Crippen LogP contribution in [0.25, 0.3) is 0 Å². The van der Waals surface area contributed by atoms with E-state index < -0.39 is 0 Å². The number of pyridine rings is 1. The Morgan fingerprint density at radius 3 is 2.79 bits per heavy atom. The molecule has 2 aromatic rings. The van der Waals surface area contributed by atoms with Crippen LogP contribution in [-0.4, -0.2) is 21.8 Å². The molecule has 19 heavy (non-hydrogen) atoms. The van der Waals surface area contributed by atoms with Gasteiger partial charge in [-0.1, -0.05) is 25.2 Å². The lowest BCUT2D eigenvalue weighted by molar-refractivity contribution is 0.261. The van der Waals surface area contributed by atoms with E-state index in [0.29, 0.717) is 24.1 Å². The van der Waals surface area contributed by atoms with Gasteiger partial charge in [0.2, 0.25) is 5.88 Å². The summed E-state index contributed by atoms with van der Waals surface area (Å²) in [6.45, 7) is 6.69. The molecule has 102 valence electrons. The maximum atomic E-state index is 5.85. The molecular weight excluding hydrogens is 280 g/mol. The van der Waals surface area contributed by atoms with Gasteiger partial charge in [-0.3, -0.25) is 0 Å². The third-order valence-electron chi connectivity index (χ3n) is 2.12. The molecule has 0 saturated carbocycles. The molecule has 2 aromatic heterocycles. The van der Waals surface area contributed by atoms with Gasteiger partial charge in [-0.15, -0.1) is 10.2 Å². The number of nitrogen functional groups attached to an aromatic ring is 1. The summed E-state index contributed by atoms with van der Waals surface area (Å²) in [7, 11) is 0. The molecule has 0 saturated heterocycles. The highest BCUT2D eigenvalue weighted by Gasteiger charge is 2.09. The summed E-state index contributed by atoms with van der Waals surface area (Å²) in [4.78, 5) is 4.40. The van der Waals surface area contributed by atoms with E-state index in [4.69, 9.17) is 10.5 Å². The third-order valence-corrected chi connectivity index (χ3v) is 3.94. The Morgan fingerprint density at radius 2 is 2.16 bits per heavy atom. The second kappa shape index (κ2) is 6.21. The highest BCUT2D eigenvalue weighted by atomic mass is 32.2. The number of nitrogens with two attached hydrogens (primary N) is 1. The first-order chi connectivity index (χ1) is 9.04. The Kier molecular flexibility index (Phi) is 4.60. The van der Waals surface area contributed by atoms with Gasteiger partial charge < -0.3 is 10.5 Å². The normalized spacial score (nSPS) is 10.9. The number of nitrogens with zero attached hydrogens (tertiary/aromatic N) is 3. The number of aromatic nitrogens is 3. The number of anilines is 1. The molecule has 0 aliphatic heterocycles. The Hall–Kier alpha value is -1.34. The van der Waals surface area contributed by atoms with E-state index in [9.17, 15) is 0 Å². The van der Waals surface area contributed by atoms with Gasteiger partial charge in [0.25, 0.3) is 0 Å². The minimum Gasteiger partial charge on any atom is -0.476 e. The summed E-state index contributed by atoms with van der Waals surface area (Å²) < 4.78 is 6.47. The first-order valence-corrected chi connectivity index (χ1v) is 7.55. The molecule has 2 heterocycles. The average molecular weight is 296 g/mol. The van der Waals surface area contributed by atoms with E-state index in [1.807, 2.05) is 13.0 Å². The first kappa shape index (κ1) is 14.1. The van der Waals surface area contributed by atoms with Gasteiger partial charge in [0, 0.05) is 0 Å². The molecule has 0 fully saturated rings. The Bertz CT molecular complexity index is 556. The van der Waals surface area contributed by atoms with E-state index in [1.54, 1.807) is 6.07 Å². The minimum absolute atomic E-state index is 0.434. The van der Waals surface area contributed by atoms with Crippen molar-refractivity contribution in [1.29, 1.82) is 0 Å². The van der Waals surface area contributed by atoms with Gasteiger partial charge in [0.15, 0.2) is 4.34 Å². The van der Waals surface area contributed by atoms with Gasteiger partial charge in [-0.25, -0.2) is 4.98 Å². The molecule has 0 radical (unpaired) electrons. The highest BCUT2D eigenvalue weighted by molar-refractivity contribution is 8.01. The zero-order chi connectivity index (χ0) is 13.8. The van der Waals surface area contributed by atoms with Crippen LogP contribution in [0, 0.1) is 12.8 Å². The third kappa shape index (κ3) is 4.07. The van der Waals surface area contributed by atoms with Crippen LogP contribution in [0.15, 0.2) is 21.5 Å². The quantitative estimate of drug-likeness (QED) is 0.914. The number of hydrogen-bond donors (Lipinski definition) is 1. The van der Waals surface area contributed by atoms with Crippen LogP contribution in [0.3, 0.4) is 0 Å². The lowest BCUT2D eigenvalue weighted by Gasteiger charge is -2.10. The molecule has 7 heteroatoms. The van der Waals surface area contributed by atoms with Gasteiger partial charge in [-0.05, 0) is 36.7 Å². The maximum absolute atomic E-state index is 5.85. The van der Waals surface area contributed by atoms with Crippen molar-refractivity contribution >= 4 is 28.8 Å². The van der Waals surface area contributed by atoms with E-state index in [0.717, 1.165) is 14.4 Å². The summed E-state index contributed by atoms with van der Waals surface area (Å²) in [5, 5.41) is 9.78. The molecule has 0 aromatic carbocycles. The first-order valence-electron chi connectivity index (χ1n) is 5.92. The van der Waals surface area contributed by atoms with E-state index in [2.05, 4.69) is 29.0 Å². The molecule has 2 rings (SSSR count). The monoisotopic (exact) mass is 296 g/mol. The molecule has 0 bridgehead atoms. The summed E-state index contributed by atoms with van der Waals surface area (Å²) in [5.41, 5.74) is 6.41. The van der Waals surface area contributed by atoms with Gasteiger partial charge >= 0.3 is 0 Å². The number of aryl methyl sites for hydroxylation is 1. The fraction of sp³-hybridized carbons (Fsp3) is 0.417. The van der Waals surface area contributed by atoms with Crippen LogP contribution in [-0.2, 0) is 0 Å². The smallest absolute Gasteiger partial charge is 0.238 e. The van der Waals surface area contributed by atoms with Crippen molar-refractivity contribution in [1.82, 2.24) is 15.2 Å². The van der Waals surface area contributed by atoms with Crippen LogP contribution in [0.4, 0.5) is 5.69 Å². The van der Waals surface area contributed by atoms with E-state index >= 15 is 0 Å². The summed E-state index contributed by atoms with van der Waals surface area (Å²) in [6, 6.07) is 3.66. The zero-order valence-corrected chi connectivity index (χ0v) is 12.7. The Morgan fingerprint density at radius 1 is 1.37 bits per heavy atom. The Balaban J connectivity index is 2.11. The molecule has 0 spiro atoms. The molecule has 0 aliphatic rings. The fourth-order valence-corrected chi connectivity index (χ4v) is 2.99. The van der Waals surface area contributed by atoms with Crippen molar-refractivity contribution in [3.63, 3.8) is 0 Å². The van der Waals surface area contributed by atoms with Gasteiger partial charge in [-0.2, -0.15) is 0 Å². The van der Waals surface area contributed by atoms with Crippen molar-refractivity contribution in [3.8, 4) is 5.88 Å². The number of rotatable bonds is 5. The standard InChI is InChI=1S/C12H16N4OS2/c1-7(2)6-17-11-9(13)4-5-10(14-11)19-12-16-15-8(3)18-12/h4-5,7H,6,13H2,1-3H3. The van der Waals surface area contributed by atoms with Crippen molar-refractivity contribution < 1.29 is 4.74 Å². The lowest BCUT2D eigenvalue weighted by atomic mass is 10.2. The van der Waals surface area contributed by atoms with Crippen molar-refractivity contribution in [2.24, 2.45) is 5.92 Å². The topological polar surface area (TPSA) is 73.9 Å². The van der Waals surface area contributed by atoms with Crippen LogP contribution in [0.5, 0.6) is 5.88 Å². The van der Waals surface area contributed by atoms with Crippen molar-refractivity contribution in [3.05, 3.63) is 17.1 Å². The van der Waals surface area contributed by atoms with Crippen LogP contribution >= 0.6 is 23.1 Å². The maximum Gasteiger partial charge on any atom is 0.238 e. The molecular formula is C12H16N4OS2. The zero-order valence-electron chi connectivity index (χ0n) is 11.1. The van der Waals surface area contributed by atoms with Crippen LogP contribution in [0.1, 0.15) is 18.9 Å². The predicted molar refractivity (Wildman–Crippen MR) is 77.8 cm³/mol.